The minimum atomic E-state index is -0.179. The first-order chi connectivity index (χ1) is 14.6. The van der Waals surface area contributed by atoms with Crippen LogP contribution in [0, 0.1) is 11.7 Å². The number of halogens is 1. The lowest BCUT2D eigenvalue weighted by molar-refractivity contribution is -0.140. The van der Waals surface area contributed by atoms with E-state index in [2.05, 4.69) is 17.1 Å². The third-order valence-electron chi connectivity index (χ3n) is 6.62. The van der Waals surface area contributed by atoms with Gasteiger partial charge in [0.05, 0.1) is 19.8 Å². The molecule has 7 heteroatoms. The van der Waals surface area contributed by atoms with Crippen LogP contribution in [0.15, 0.2) is 29.3 Å². The molecule has 1 amide bonds. The molecule has 2 aliphatic heterocycles. The molecule has 1 aliphatic carbocycles. The Kier molecular flexibility index (Phi) is 6.56. The first kappa shape index (κ1) is 21.1. The monoisotopic (exact) mass is 416 g/mol. The smallest absolute Gasteiger partial charge is 0.225 e. The summed E-state index contributed by atoms with van der Waals surface area (Å²) in [5, 5.41) is 3.41. The van der Waals surface area contributed by atoms with Crippen molar-refractivity contribution in [3.8, 4) is 0 Å². The molecule has 3 aliphatic rings. The van der Waals surface area contributed by atoms with Gasteiger partial charge in [0.15, 0.2) is 5.96 Å². The number of hydrogen-bond acceptors (Lipinski definition) is 3. The summed E-state index contributed by atoms with van der Waals surface area (Å²) in [6, 6.07) is 6.95. The van der Waals surface area contributed by atoms with Gasteiger partial charge in [0, 0.05) is 44.1 Å². The number of amides is 1. The van der Waals surface area contributed by atoms with E-state index in [0.717, 1.165) is 56.8 Å². The Morgan fingerprint density at radius 1 is 1.20 bits per heavy atom. The molecule has 30 heavy (non-hydrogen) atoms. The Hall–Kier alpha value is -2.15. The Morgan fingerprint density at radius 2 is 1.93 bits per heavy atom. The molecule has 0 spiro atoms. The normalized spacial score (nSPS) is 22.1. The lowest BCUT2D eigenvalue weighted by atomic mass is 9.95. The molecule has 1 saturated carbocycles. The third-order valence-corrected chi connectivity index (χ3v) is 6.62. The summed E-state index contributed by atoms with van der Waals surface area (Å²) >= 11 is 0. The van der Waals surface area contributed by atoms with Crippen molar-refractivity contribution in [1.29, 1.82) is 0 Å². The SMILES string of the molecule is CCNC(=NCC1(c2cccc(F)c2)CC1)N1CCC(C(=O)N2CCOCC2)CC1. The predicted molar refractivity (Wildman–Crippen MR) is 115 cm³/mol. The fraction of sp³-hybridized carbons (Fsp3) is 0.652. The van der Waals surface area contributed by atoms with Crippen LogP contribution in [0.25, 0.3) is 0 Å². The zero-order chi connectivity index (χ0) is 21.0. The van der Waals surface area contributed by atoms with E-state index in [1.807, 2.05) is 11.0 Å². The number of carbonyl (C=O) groups is 1. The first-order valence-electron chi connectivity index (χ1n) is 11.3. The van der Waals surface area contributed by atoms with Crippen LogP contribution in [0.4, 0.5) is 4.39 Å². The zero-order valence-electron chi connectivity index (χ0n) is 17.9. The van der Waals surface area contributed by atoms with Gasteiger partial charge in [-0.25, -0.2) is 4.39 Å². The fourth-order valence-corrected chi connectivity index (χ4v) is 4.54. The Labute approximate surface area is 178 Å². The molecule has 0 aromatic heterocycles. The van der Waals surface area contributed by atoms with Crippen molar-refractivity contribution in [3.05, 3.63) is 35.6 Å². The van der Waals surface area contributed by atoms with Gasteiger partial charge in [0.2, 0.25) is 5.91 Å². The van der Waals surface area contributed by atoms with Gasteiger partial charge in [-0.15, -0.1) is 0 Å². The topological polar surface area (TPSA) is 57.2 Å². The van der Waals surface area contributed by atoms with Crippen LogP contribution < -0.4 is 5.32 Å². The molecule has 2 saturated heterocycles. The molecule has 4 rings (SSSR count). The highest BCUT2D eigenvalue weighted by Crippen LogP contribution is 2.48. The second-order valence-electron chi connectivity index (χ2n) is 8.66. The van der Waals surface area contributed by atoms with Gasteiger partial charge < -0.3 is 19.9 Å². The molecule has 2 heterocycles. The number of morpholine rings is 1. The van der Waals surface area contributed by atoms with Crippen LogP contribution in [0.5, 0.6) is 0 Å². The lowest BCUT2D eigenvalue weighted by Crippen LogP contribution is -2.50. The number of ether oxygens (including phenoxy) is 1. The van der Waals surface area contributed by atoms with E-state index in [1.165, 1.54) is 6.07 Å². The van der Waals surface area contributed by atoms with Crippen LogP contribution in [0.3, 0.4) is 0 Å². The van der Waals surface area contributed by atoms with Crippen LogP contribution in [-0.2, 0) is 14.9 Å². The van der Waals surface area contributed by atoms with Crippen LogP contribution in [-0.4, -0.2) is 74.1 Å². The molecule has 3 fully saturated rings. The Morgan fingerprint density at radius 3 is 2.57 bits per heavy atom. The predicted octanol–water partition coefficient (Wildman–Crippen LogP) is 2.39. The fourth-order valence-electron chi connectivity index (χ4n) is 4.54. The number of aliphatic imine (C=N–C) groups is 1. The Balaban J connectivity index is 1.36. The molecule has 0 unspecified atom stereocenters. The van der Waals surface area contributed by atoms with Gasteiger partial charge in [0.25, 0.3) is 0 Å². The van der Waals surface area contributed by atoms with Gasteiger partial charge in [-0.3, -0.25) is 9.79 Å². The lowest BCUT2D eigenvalue weighted by Gasteiger charge is -2.37. The van der Waals surface area contributed by atoms with Crippen molar-refractivity contribution in [2.24, 2.45) is 10.9 Å². The third kappa shape index (κ3) is 4.77. The number of likely N-dealkylation sites (tertiary alicyclic amines) is 1. The molecule has 0 radical (unpaired) electrons. The van der Waals surface area contributed by atoms with Gasteiger partial charge in [-0.2, -0.15) is 0 Å². The highest BCUT2D eigenvalue weighted by atomic mass is 19.1. The summed E-state index contributed by atoms with van der Waals surface area (Å²) in [5.74, 6) is 1.12. The van der Waals surface area contributed by atoms with Crippen molar-refractivity contribution in [3.63, 3.8) is 0 Å². The maximum Gasteiger partial charge on any atom is 0.225 e. The molecule has 1 aromatic rings. The molecular weight excluding hydrogens is 383 g/mol. The van der Waals surface area contributed by atoms with E-state index in [9.17, 15) is 9.18 Å². The first-order valence-corrected chi connectivity index (χ1v) is 11.3. The summed E-state index contributed by atoms with van der Waals surface area (Å²) < 4.78 is 19.0. The van der Waals surface area contributed by atoms with Crippen LogP contribution in [0.2, 0.25) is 0 Å². The van der Waals surface area contributed by atoms with Crippen LogP contribution in [0.1, 0.15) is 38.2 Å². The average molecular weight is 417 g/mol. The molecular formula is C23H33FN4O2. The number of piperidine rings is 1. The summed E-state index contributed by atoms with van der Waals surface area (Å²) in [6.45, 7) is 7.94. The van der Waals surface area contributed by atoms with Gasteiger partial charge in [-0.1, -0.05) is 12.1 Å². The number of guanidine groups is 1. The maximum atomic E-state index is 13.7. The van der Waals surface area contributed by atoms with Crippen molar-refractivity contribution < 1.29 is 13.9 Å². The van der Waals surface area contributed by atoms with E-state index in [0.29, 0.717) is 32.8 Å². The molecule has 1 N–H and O–H groups in total. The van der Waals surface area contributed by atoms with Crippen LogP contribution >= 0.6 is 0 Å². The van der Waals surface area contributed by atoms with Gasteiger partial charge in [-0.05, 0) is 50.3 Å². The average Bonchev–Trinajstić information content (AvgIpc) is 3.58. The summed E-state index contributed by atoms with van der Waals surface area (Å²) in [7, 11) is 0. The standard InChI is InChI=1S/C23H33FN4O2/c1-2-25-22(26-17-23(8-9-23)19-4-3-5-20(24)16-19)28-10-6-18(7-11-28)21(29)27-12-14-30-15-13-27/h3-5,16,18H,2,6-15,17H2,1H3,(H,25,26). The van der Waals surface area contributed by atoms with Crippen molar-refractivity contribution in [1.82, 2.24) is 15.1 Å². The quantitative estimate of drug-likeness (QED) is 0.592. The van der Waals surface area contributed by atoms with E-state index in [-0.39, 0.29) is 23.1 Å². The molecule has 0 atom stereocenters. The van der Waals surface area contributed by atoms with Gasteiger partial charge >= 0.3 is 0 Å². The number of nitrogens with one attached hydrogen (secondary N) is 1. The van der Waals surface area contributed by atoms with E-state index in [4.69, 9.17) is 9.73 Å². The molecule has 164 valence electrons. The number of carbonyl (C=O) groups excluding carboxylic acids is 1. The minimum Gasteiger partial charge on any atom is -0.378 e. The van der Waals surface area contributed by atoms with E-state index in [1.54, 1.807) is 12.1 Å². The van der Waals surface area contributed by atoms with E-state index >= 15 is 0 Å². The number of benzene rings is 1. The molecule has 1 aromatic carbocycles. The summed E-state index contributed by atoms with van der Waals surface area (Å²) in [4.78, 5) is 21.9. The second kappa shape index (κ2) is 9.33. The zero-order valence-corrected chi connectivity index (χ0v) is 17.9. The number of rotatable bonds is 5. The summed E-state index contributed by atoms with van der Waals surface area (Å²) in [6.07, 6.45) is 3.82. The highest BCUT2D eigenvalue weighted by Gasteiger charge is 2.44. The maximum absolute atomic E-state index is 13.7. The van der Waals surface area contributed by atoms with Gasteiger partial charge in [0.1, 0.15) is 5.82 Å². The number of nitrogens with zero attached hydrogens (tertiary/aromatic N) is 3. The second-order valence-corrected chi connectivity index (χ2v) is 8.66. The van der Waals surface area contributed by atoms with Crippen molar-refractivity contribution in [2.45, 2.75) is 38.0 Å². The van der Waals surface area contributed by atoms with Crippen molar-refractivity contribution >= 4 is 11.9 Å². The summed E-state index contributed by atoms with van der Waals surface area (Å²) in [5.41, 5.74) is 1.03. The largest absolute Gasteiger partial charge is 0.378 e. The van der Waals surface area contributed by atoms with Crippen molar-refractivity contribution in [2.75, 3.05) is 52.5 Å². The molecule has 6 nitrogen and oxygen atoms in total. The molecule has 0 bridgehead atoms. The Bertz CT molecular complexity index is 766. The van der Waals surface area contributed by atoms with E-state index < -0.39 is 0 Å². The minimum absolute atomic E-state index is 0.0204. The number of hydrogen-bond donors (Lipinski definition) is 1. The highest BCUT2D eigenvalue weighted by molar-refractivity contribution is 5.82.